The minimum atomic E-state index is -0.273. The summed E-state index contributed by atoms with van der Waals surface area (Å²) < 4.78 is 5.06. The van der Waals surface area contributed by atoms with Crippen LogP contribution in [0.1, 0.15) is 43.0 Å². The molecule has 1 saturated carbocycles. The first kappa shape index (κ1) is 18.2. The van der Waals surface area contributed by atoms with E-state index in [1.54, 1.807) is 36.1 Å². The molecular formula is C19H25N3O4. The van der Waals surface area contributed by atoms with Crippen molar-refractivity contribution in [2.75, 3.05) is 25.0 Å². The standard InChI is InChI=1S/C19H25N3O4/c1-2-26-18(24)14-6-4-10-22(12-14)19(25)21-16-7-3-5-13(11-16)17(23)20-15-8-9-15/h3,5,7,11,14-15H,2,4,6,8-10,12H2,1H3,(H,20,23)(H,21,25)/t14-/m1/s1. The van der Waals surface area contributed by atoms with Crippen LogP contribution in [0.15, 0.2) is 24.3 Å². The molecule has 1 aliphatic heterocycles. The van der Waals surface area contributed by atoms with Crippen molar-refractivity contribution in [3.05, 3.63) is 29.8 Å². The molecule has 3 amide bonds. The van der Waals surface area contributed by atoms with E-state index in [4.69, 9.17) is 4.74 Å². The molecule has 0 radical (unpaired) electrons. The summed E-state index contributed by atoms with van der Waals surface area (Å²) in [6, 6.07) is 6.91. The lowest BCUT2D eigenvalue weighted by Gasteiger charge is -2.31. The molecule has 2 aliphatic rings. The number of hydrogen-bond donors (Lipinski definition) is 2. The molecule has 7 nitrogen and oxygen atoms in total. The number of nitrogens with one attached hydrogen (secondary N) is 2. The van der Waals surface area contributed by atoms with Gasteiger partial charge in [-0.05, 0) is 50.8 Å². The van der Waals surface area contributed by atoms with Gasteiger partial charge >= 0.3 is 12.0 Å². The van der Waals surface area contributed by atoms with Gasteiger partial charge in [0.2, 0.25) is 0 Å². The normalized spacial score (nSPS) is 19.6. The van der Waals surface area contributed by atoms with Crippen LogP contribution in [0.25, 0.3) is 0 Å². The number of rotatable bonds is 5. The molecule has 0 bridgehead atoms. The highest BCUT2D eigenvalue weighted by Gasteiger charge is 2.29. The van der Waals surface area contributed by atoms with E-state index in [9.17, 15) is 14.4 Å². The van der Waals surface area contributed by atoms with Gasteiger partial charge < -0.3 is 20.3 Å². The number of piperidine rings is 1. The van der Waals surface area contributed by atoms with E-state index in [0.717, 1.165) is 25.7 Å². The molecule has 7 heteroatoms. The van der Waals surface area contributed by atoms with E-state index < -0.39 is 0 Å². The number of ether oxygens (including phenoxy) is 1. The van der Waals surface area contributed by atoms with Crippen LogP contribution in [0.4, 0.5) is 10.5 Å². The van der Waals surface area contributed by atoms with Gasteiger partial charge in [0.05, 0.1) is 12.5 Å². The highest BCUT2D eigenvalue weighted by Crippen LogP contribution is 2.21. The first-order chi connectivity index (χ1) is 12.6. The molecule has 1 atom stereocenters. The maximum absolute atomic E-state index is 12.5. The van der Waals surface area contributed by atoms with E-state index in [1.807, 2.05) is 0 Å². The van der Waals surface area contributed by atoms with Gasteiger partial charge in [0.25, 0.3) is 5.91 Å². The Hall–Kier alpha value is -2.57. The molecule has 0 unspecified atom stereocenters. The average Bonchev–Trinajstić information content (AvgIpc) is 3.46. The Morgan fingerprint density at radius 2 is 2.04 bits per heavy atom. The van der Waals surface area contributed by atoms with Crippen LogP contribution < -0.4 is 10.6 Å². The molecule has 3 rings (SSSR count). The Labute approximate surface area is 153 Å². The quantitative estimate of drug-likeness (QED) is 0.790. The molecule has 26 heavy (non-hydrogen) atoms. The van der Waals surface area contributed by atoms with Gasteiger partial charge in [-0.3, -0.25) is 9.59 Å². The Kier molecular flexibility index (Phi) is 5.75. The third-order valence-electron chi connectivity index (χ3n) is 4.62. The van der Waals surface area contributed by atoms with Crippen molar-refractivity contribution in [1.29, 1.82) is 0 Å². The Morgan fingerprint density at radius 1 is 1.23 bits per heavy atom. The average molecular weight is 359 g/mol. The lowest BCUT2D eigenvalue weighted by Crippen LogP contribution is -2.44. The van der Waals surface area contributed by atoms with Gasteiger partial charge in [-0.25, -0.2) is 4.79 Å². The fourth-order valence-electron chi connectivity index (χ4n) is 3.05. The molecule has 1 aliphatic carbocycles. The lowest BCUT2D eigenvalue weighted by atomic mass is 9.98. The molecule has 1 saturated heterocycles. The predicted octanol–water partition coefficient (Wildman–Crippen LogP) is 2.39. The summed E-state index contributed by atoms with van der Waals surface area (Å²) in [4.78, 5) is 38.2. The van der Waals surface area contributed by atoms with Gasteiger partial charge in [0.15, 0.2) is 0 Å². The van der Waals surface area contributed by atoms with Crippen LogP contribution in [0.3, 0.4) is 0 Å². The molecular weight excluding hydrogens is 334 g/mol. The summed E-state index contributed by atoms with van der Waals surface area (Å²) in [6.07, 6.45) is 3.55. The van der Waals surface area contributed by atoms with E-state index >= 15 is 0 Å². The lowest BCUT2D eigenvalue weighted by molar-refractivity contribution is -0.149. The molecule has 1 aromatic rings. The number of likely N-dealkylation sites (tertiary alicyclic amines) is 1. The molecule has 2 N–H and O–H groups in total. The van der Waals surface area contributed by atoms with E-state index in [1.165, 1.54) is 0 Å². The number of nitrogens with zero attached hydrogens (tertiary/aromatic N) is 1. The topological polar surface area (TPSA) is 87.7 Å². The zero-order chi connectivity index (χ0) is 18.5. The summed E-state index contributed by atoms with van der Waals surface area (Å²) in [7, 11) is 0. The third kappa shape index (κ3) is 4.74. The second kappa shape index (κ2) is 8.21. The fourth-order valence-corrected chi connectivity index (χ4v) is 3.05. The highest BCUT2D eigenvalue weighted by atomic mass is 16.5. The van der Waals surface area contributed by atoms with Crippen LogP contribution in [0, 0.1) is 5.92 Å². The van der Waals surface area contributed by atoms with Crippen LogP contribution in [0.2, 0.25) is 0 Å². The van der Waals surface area contributed by atoms with E-state index in [2.05, 4.69) is 10.6 Å². The number of esters is 1. The Balaban J connectivity index is 1.58. The van der Waals surface area contributed by atoms with Crippen molar-refractivity contribution >= 4 is 23.6 Å². The summed E-state index contributed by atoms with van der Waals surface area (Å²) in [5, 5.41) is 5.75. The fraction of sp³-hybridized carbons (Fsp3) is 0.526. The number of hydrogen-bond acceptors (Lipinski definition) is 4. The van der Waals surface area contributed by atoms with Crippen molar-refractivity contribution in [2.45, 2.75) is 38.6 Å². The Bertz CT molecular complexity index is 687. The third-order valence-corrected chi connectivity index (χ3v) is 4.62. The Morgan fingerprint density at radius 3 is 2.77 bits per heavy atom. The zero-order valence-electron chi connectivity index (χ0n) is 15.0. The van der Waals surface area contributed by atoms with E-state index in [0.29, 0.717) is 30.9 Å². The zero-order valence-corrected chi connectivity index (χ0v) is 15.0. The van der Waals surface area contributed by atoms with Crippen molar-refractivity contribution < 1.29 is 19.1 Å². The van der Waals surface area contributed by atoms with Crippen LogP contribution in [-0.4, -0.2) is 48.5 Å². The van der Waals surface area contributed by atoms with Gasteiger partial charge in [-0.1, -0.05) is 6.07 Å². The summed E-state index contributed by atoms with van der Waals surface area (Å²) in [6.45, 7) is 3.07. The number of carbonyl (C=O) groups is 3. The number of urea groups is 1. The number of amides is 3. The second-order valence-electron chi connectivity index (χ2n) is 6.80. The predicted molar refractivity (Wildman–Crippen MR) is 96.9 cm³/mol. The smallest absolute Gasteiger partial charge is 0.321 e. The molecule has 140 valence electrons. The SMILES string of the molecule is CCOC(=O)[C@@H]1CCCN(C(=O)Nc2cccc(C(=O)NC3CC3)c2)C1. The summed E-state index contributed by atoms with van der Waals surface area (Å²) >= 11 is 0. The minimum absolute atomic E-state index is 0.121. The molecule has 1 aromatic carbocycles. The van der Waals surface area contributed by atoms with Crippen molar-refractivity contribution in [3.63, 3.8) is 0 Å². The molecule has 0 spiro atoms. The summed E-state index contributed by atoms with van der Waals surface area (Å²) in [5.41, 5.74) is 1.09. The molecule has 1 heterocycles. The largest absolute Gasteiger partial charge is 0.466 e. The van der Waals surface area contributed by atoms with E-state index in [-0.39, 0.29) is 29.9 Å². The van der Waals surface area contributed by atoms with Crippen molar-refractivity contribution in [2.24, 2.45) is 5.92 Å². The number of carbonyl (C=O) groups excluding carboxylic acids is 3. The van der Waals surface area contributed by atoms with Gasteiger partial charge in [0, 0.05) is 30.4 Å². The number of benzene rings is 1. The maximum Gasteiger partial charge on any atom is 0.321 e. The molecule has 2 fully saturated rings. The van der Waals surface area contributed by atoms with Crippen LogP contribution >= 0.6 is 0 Å². The monoisotopic (exact) mass is 359 g/mol. The second-order valence-corrected chi connectivity index (χ2v) is 6.80. The highest BCUT2D eigenvalue weighted by molar-refractivity contribution is 5.97. The van der Waals surface area contributed by atoms with Gasteiger partial charge in [-0.2, -0.15) is 0 Å². The van der Waals surface area contributed by atoms with Crippen LogP contribution in [0.5, 0.6) is 0 Å². The van der Waals surface area contributed by atoms with Crippen LogP contribution in [-0.2, 0) is 9.53 Å². The van der Waals surface area contributed by atoms with Crippen molar-refractivity contribution in [3.8, 4) is 0 Å². The maximum atomic E-state index is 12.5. The first-order valence-electron chi connectivity index (χ1n) is 9.20. The summed E-state index contributed by atoms with van der Waals surface area (Å²) in [5.74, 6) is -0.641. The van der Waals surface area contributed by atoms with Gasteiger partial charge in [0.1, 0.15) is 0 Å². The first-order valence-corrected chi connectivity index (χ1v) is 9.20. The minimum Gasteiger partial charge on any atom is -0.466 e. The number of anilines is 1. The van der Waals surface area contributed by atoms with Gasteiger partial charge in [-0.15, -0.1) is 0 Å². The molecule has 0 aromatic heterocycles. The van der Waals surface area contributed by atoms with Crippen molar-refractivity contribution in [1.82, 2.24) is 10.2 Å².